The van der Waals surface area contributed by atoms with E-state index in [0.717, 1.165) is 66.2 Å². The molecule has 0 radical (unpaired) electrons. The van der Waals surface area contributed by atoms with Gasteiger partial charge in [0.25, 0.3) is 5.91 Å². The number of nitrogens with zero attached hydrogens (tertiary/aromatic N) is 4. The van der Waals surface area contributed by atoms with E-state index in [1.165, 1.54) is 12.8 Å². The van der Waals surface area contributed by atoms with Crippen molar-refractivity contribution in [2.45, 2.75) is 91.2 Å². The van der Waals surface area contributed by atoms with E-state index >= 15 is 0 Å². The number of piperidine rings is 3. The predicted molar refractivity (Wildman–Crippen MR) is 193 cm³/mol. The molecule has 4 aliphatic rings. The smallest absolute Gasteiger partial charge is 0.410 e. The van der Waals surface area contributed by atoms with Crippen LogP contribution in [0.1, 0.15) is 75.1 Å². The Balaban J connectivity index is 0.00000468. The summed E-state index contributed by atoms with van der Waals surface area (Å²) in [6.45, 7) is 9.07. The second-order valence-electron chi connectivity index (χ2n) is 14.4. The van der Waals surface area contributed by atoms with Crippen molar-refractivity contribution < 1.29 is 24.2 Å². The van der Waals surface area contributed by atoms with Gasteiger partial charge in [0.1, 0.15) is 5.75 Å². The molecule has 1 atom stereocenters. The molecule has 4 aliphatic heterocycles. The lowest BCUT2D eigenvalue weighted by Gasteiger charge is -2.40. The lowest BCUT2D eigenvalue weighted by molar-refractivity contribution is -0.142. The number of phenolic OH excluding ortho intramolecular Hbond substituents is 1. The second-order valence-corrected chi connectivity index (χ2v) is 14.4. The molecule has 4 heterocycles. The largest absolute Gasteiger partial charge is 0.507 e. The summed E-state index contributed by atoms with van der Waals surface area (Å²) in [5, 5.41) is 13.6. The van der Waals surface area contributed by atoms with Crippen LogP contribution in [0.5, 0.6) is 5.75 Å². The molecule has 2 aromatic carbocycles. The first-order valence-corrected chi connectivity index (χ1v) is 18.1. The minimum atomic E-state index is -0.946. The van der Waals surface area contributed by atoms with E-state index in [9.17, 15) is 19.5 Å². The lowest BCUT2D eigenvalue weighted by Crippen LogP contribution is -2.52. The topological polar surface area (TPSA) is 106 Å². The SMILES string of the molecule is C.CCc1cc(C[C@@H](OC(=O)N2CCC(N3CCc4ccccc4NC3=O)CC2)C(=O)N2CCC(C3CCN(C)CC3)CC2)cc(C)c1O. The van der Waals surface area contributed by atoms with Crippen LogP contribution in [0, 0.1) is 18.8 Å². The number of rotatable bonds is 7. The summed E-state index contributed by atoms with van der Waals surface area (Å²) in [4.78, 5) is 48.8. The molecule has 0 spiro atoms. The van der Waals surface area contributed by atoms with Crippen LogP contribution >= 0.6 is 0 Å². The van der Waals surface area contributed by atoms with Crippen LogP contribution in [0.15, 0.2) is 36.4 Å². The van der Waals surface area contributed by atoms with Crippen LogP contribution in [-0.4, -0.2) is 108 Å². The zero-order valence-corrected chi connectivity index (χ0v) is 29.0. The number of phenols is 1. The van der Waals surface area contributed by atoms with E-state index in [1.807, 2.05) is 54.0 Å². The minimum absolute atomic E-state index is 0. The van der Waals surface area contributed by atoms with Gasteiger partial charge in [-0.15, -0.1) is 0 Å². The fourth-order valence-electron chi connectivity index (χ4n) is 8.30. The van der Waals surface area contributed by atoms with Gasteiger partial charge in [-0.2, -0.15) is 0 Å². The maximum atomic E-state index is 14.1. The Morgan fingerprint density at radius 1 is 0.918 bits per heavy atom. The Labute approximate surface area is 292 Å². The molecule has 4 amide bonds. The molecule has 0 bridgehead atoms. The van der Waals surface area contributed by atoms with Crippen molar-refractivity contribution in [2.75, 3.05) is 58.2 Å². The van der Waals surface area contributed by atoms with E-state index in [-0.39, 0.29) is 37.6 Å². The Morgan fingerprint density at radius 2 is 1.55 bits per heavy atom. The van der Waals surface area contributed by atoms with E-state index in [4.69, 9.17) is 4.74 Å². The number of fused-ring (bicyclic) bond motifs is 1. The molecule has 0 aromatic heterocycles. The van der Waals surface area contributed by atoms with E-state index in [1.54, 1.807) is 4.90 Å². The Hall–Kier alpha value is -3.79. The van der Waals surface area contributed by atoms with Crippen molar-refractivity contribution in [3.63, 3.8) is 0 Å². The van der Waals surface area contributed by atoms with Gasteiger partial charge in [-0.1, -0.05) is 44.7 Å². The number of aryl methyl sites for hydroxylation is 2. The third kappa shape index (κ3) is 8.51. The number of aromatic hydroxyl groups is 1. The number of ether oxygens (including phenoxy) is 1. The van der Waals surface area contributed by atoms with Crippen molar-refractivity contribution in [3.8, 4) is 5.75 Å². The average molecular weight is 676 g/mol. The molecule has 2 N–H and O–H groups in total. The molecular formula is C39H57N5O5. The predicted octanol–water partition coefficient (Wildman–Crippen LogP) is 6.08. The quantitative estimate of drug-likeness (QED) is 0.369. The molecule has 10 heteroatoms. The number of hydrogen-bond acceptors (Lipinski definition) is 6. The monoisotopic (exact) mass is 675 g/mol. The van der Waals surface area contributed by atoms with Gasteiger partial charge in [0, 0.05) is 50.9 Å². The van der Waals surface area contributed by atoms with Gasteiger partial charge in [0.2, 0.25) is 0 Å². The summed E-state index contributed by atoms with van der Waals surface area (Å²) in [5.41, 5.74) is 4.45. The van der Waals surface area contributed by atoms with E-state index < -0.39 is 12.2 Å². The number of nitrogens with one attached hydrogen (secondary N) is 1. The van der Waals surface area contributed by atoms with Crippen molar-refractivity contribution in [1.82, 2.24) is 19.6 Å². The molecule has 0 aliphatic carbocycles. The van der Waals surface area contributed by atoms with Crippen LogP contribution < -0.4 is 5.32 Å². The van der Waals surface area contributed by atoms with Crippen LogP contribution in [0.25, 0.3) is 0 Å². The lowest BCUT2D eigenvalue weighted by atomic mass is 9.79. The van der Waals surface area contributed by atoms with Gasteiger partial charge in [0.15, 0.2) is 6.10 Å². The summed E-state index contributed by atoms with van der Waals surface area (Å²) in [6, 6.07) is 11.7. The molecule has 49 heavy (non-hydrogen) atoms. The summed E-state index contributed by atoms with van der Waals surface area (Å²) >= 11 is 0. The van der Waals surface area contributed by atoms with Crippen LogP contribution in [-0.2, 0) is 28.8 Å². The van der Waals surface area contributed by atoms with Crippen molar-refractivity contribution in [3.05, 3.63) is 58.7 Å². The standard InChI is InChI=1S/C38H53N5O5.CH4/c1-4-28-24-27(23-26(2)35(28)44)25-34(36(45)41-18-11-30(12-19-41)29-9-16-40(3)17-10-29)48-38(47)42-20-14-32(15-21-42)43-22-13-31-7-5-6-8-33(31)39-37(43)46;/h5-8,23-24,29-30,32,34,44H,4,9-22,25H2,1-3H3,(H,39,46);1H4/t34-;/m1./s1. The number of likely N-dealkylation sites (tertiary alicyclic amines) is 3. The fraction of sp³-hybridized carbons (Fsp3) is 0.615. The van der Waals surface area contributed by atoms with Gasteiger partial charge in [0.05, 0.1) is 0 Å². The number of para-hydroxylation sites is 1. The zero-order chi connectivity index (χ0) is 33.8. The van der Waals surface area contributed by atoms with Crippen molar-refractivity contribution in [1.29, 1.82) is 0 Å². The van der Waals surface area contributed by atoms with Gasteiger partial charge in [-0.3, -0.25) is 4.79 Å². The number of amides is 4. The maximum Gasteiger partial charge on any atom is 0.410 e. The van der Waals surface area contributed by atoms with Gasteiger partial charge < -0.3 is 34.8 Å². The van der Waals surface area contributed by atoms with Crippen molar-refractivity contribution >= 4 is 23.7 Å². The molecule has 3 saturated heterocycles. The summed E-state index contributed by atoms with van der Waals surface area (Å²) in [7, 11) is 2.19. The van der Waals surface area contributed by atoms with E-state index in [0.29, 0.717) is 57.9 Å². The minimum Gasteiger partial charge on any atom is -0.507 e. The Morgan fingerprint density at radius 3 is 2.22 bits per heavy atom. The van der Waals surface area contributed by atoms with Gasteiger partial charge in [-0.25, -0.2) is 9.59 Å². The molecule has 10 nitrogen and oxygen atoms in total. The fourth-order valence-corrected chi connectivity index (χ4v) is 8.30. The number of benzene rings is 2. The Bertz CT molecular complexity index is 1460. The maximum absolute atomic E-state index is 14.1. The molecule has 268 valence electrons. The van der Waals surface area contributed by atoms with Crippen LogP contribution in [0.2, 0.25) is 0 Å². The Kier molecular flexibility index (Phi) is 12.1. The highest BCUT2D eigenvalue weighted by Crippen LogP contribution is 2.33. The number of carbonyl (C=O) groups excluding carboxylic acids is 3. The first-order valence-electron chi connectivity index (χ1n) is 18.1. The van der Waals surface area contributed by atoms with Crippen LogP contribution in [0.4, 0.5) is 15.3 Å². The highest BCUT2D eigenvalue weighted by molar-refractivity contribution is 5.91. The summed E-state index contributed by atoms with van der Waals surface area (Å²) in [5.74, 6) is 1.50. The summed E-state index contributed by atoms with van der Waals surface area (Å²) in [6.07, 6.45) is 6.02. The first kappa shape index (κ1) is 36.5. The van der Waals surface area contributed by atoms with Gasteiger partial charge in [-0.05, 0) is 119 Å². The summed E-state index contributed by atoms with van der Waals surface area (Å²) < 4.78 is 6.11. The number of carbonyl (C=O) groups is 3. The second kappa shape index (κ2) is 16.3. The van der Waals surface area contributed by atoms with Crippen molar-refractivity contribution in [2.24, 2.45) is 11.8 Å². The van der Waals surface area contributed by atoms with E-state index in [2.05, 4.69) is 23.3 Å². The molecule has 3 fully saturated rings. The molecule has 0 unspecified atom stereocenters. The molecular weight excluding hydrogens is 618 g/mol. The third-order valence-corrected chi connectivity index (χ3v) is 11.3. The average Bonchev–Trinajstić information content (AvgIpc) is 3.27. The zero-order valence-electron chi connectivity index (χ0n) is 29.0. The van der Waals surface area contributed by atoms with Crippen LogP contribution in [0.3, 0.4) is 0 Å². The molecule has 0 saturated carbocycles. The van der Waals surface area contributed by atoms with Gasteiger partial charge >= 0.3 is 12.1 Å². The molecule has 6 rings (SSSR count). The number of hydrogen-bond donors (Lipinski definition) is 2. The normalized spacial score (nSPS) is 20.6. The number of urea groups is 1. The third-order valence-electron chi connectivity index (χ3n) is 11.3. The molecule has 2 aromatic rings. The first-order chi connectivity index (χ1) is 23.2. The highest BCUT2D eigenvalue weighted by atomic mass is 16.6. The highest BCUT2D eigenvalue weighted by Gasteiger charge is 2.37. The number of anilines is 1.